The number of carbonyl (C=O) groups is 1. The lowest BCUT2D eigenvalue weighted by molar-refractivity contribution is -0.128. The lowest BCUT2D eigenvalue weighted by atomic mass is 10.1. The minimum absolute atomic E-state index is 0.0299. The molecule has 0 saturated carbocycles. The van der Waals surface area contributed by atoms with Gasteiger partial charge in [-0.2, -0.15) is 0 Å². The van der Waals surface area contributed by atoms with Gasteiger partial charge in [-0.15, -0.1) is 0 Å². The van der Waals surface area contributed by atoms with Gasteiger partial charge in [-0.25, -0.2) is 0 Å². The predicted octanol–water partition coefficient (Wildman–Crippen LogP) is 2.30. The summed E-state index contributed by atoms with van der Waals surface area (Å²) in [7, 11) is 0. The van der Waals surface area contributed by atoms with Gasteiger partial charge >= 0.3 is 0 Å². The van der Waals surface area contributed by atoms with Crippen molar-refractivity contribution in [2.24, 2.45) is 0 Å². The van der Waals surface area contributed by atoms with E-state index >= 15 is 0 Å². The second-order valence-electron chi connectivity index (χ2n) is 6.36. The molecule has 1 N–H and O–H groups in total. The Hall–Kier alpha value is -1.59. The Morgan fingerprint density at radius 2 is 2.04 bits per heavy atom. The molecule has 1 aliphatic rings. The first-order chi connectivity index (χ1) is 11.6. The van der Waals surface area contributed by atoms with Crippen LogP contribution in [-0.4, -0.2) is 56.3 Å². The molecule has 1 heterocycles. The number of aryl methyl sites for hydroxylation is 2. The van der Waals surface area contributed by atoms with Crippen LogP contribution in [0.15, 0.2) is 18.2 Å². The molecule has 5 nitrogen and oxygen atoms in total. The molecule has 0 unspecified atom stereocenters. The Kier molecular flexibility index (Phi) is 7.53. The normalized spacial score (nSPS) is 16.6. The largest absolute Gasteiger partial charge is 0.481 e. The number of hydrogen-bond acceptors (Lipinski definition) is 4. The average Bonchev–Trinajstić information content (AvgIpc) is 2.60. The summed E-state index contributed by atoms with van der Waals surface area (Å²) in [6.07, 6.45) is 1.17. The molecular formula is C19H30N2O3. The van der Waals surface area contributed by atoms with E-state index in [4.69, 9.17) is 9.47 Å². The Bertz CT molecular complexity index is 527. The number of carbonyl (C=O) groups excluding carboxylic acids is 1. The molecule has 5 heteroatoms. The van der Waals surface area contributed by atoms with E-state index < -0.39 is 6.10 Å². The van der Waals surface area contributed by atoms with Crippen molar-refractivity contribution < 1.29 is 14.3 Å². The monoisotopic (exact) mass is 334 g/mol. The van der Waals surface area contributed by atoms with Gasteiger partial charge < -0.3 is 14.8 Å². The Morgan fingerprint density at radius 3 is 2.71 bits per heavy atom. The minimum Gasteiger partial charge on any atom is -0.481 e. The Morgan fingerprint density at radius 1 is 1.29 bits per heavy atom. The molecule has 0 aliphatic carbocycles. The first-order valence-electron chi connectivity index (χ1n) is 8.92. The summed E-state index contributed by atoms with van der Waals surface area (Å²) in [6, 6.07) is 5.94. The number of ether oxygens (including phenoxy) is 2. The Labute approximate surface area is 145 Å². The van der Waals surface area contributed by atoms with E-state index in [-0.39, 0.29) is 5.91 Å². The van der Waals surface area contributed by atoms with Gasteiger partial charge in [0.15, 0.2) is 6.10 Å². The van der Waals surface area contributed by atoms with Gasteiger partial charge in [0, 0.05) is 19.6 Å². The topological polar surface area (TPSA) is 50.8 Å². The van der Waals surface area contributed by atoms with Crippen LogP contribution >= 0.6 is 0 Å². The van der Waals surface area contributed by atoms with Gasteiger partial charge in [-0.05, 0) is 56.5 Å². The molecule has 1 aromatic rings. The summed E-state index contributed by atoms with van der Waals surface area (Å²) < 4.78 is 11.2. The lowest BCUT2D eigenvalue weighted by Gasteiger charge is -2.26. The lowest BCUT2D eigenvalue weighted by Crippen LogP contribution is -2.41. The molecular weight excluding hydrogens is 304 g/mol. The SMILES string of the molecule is CC[C@H](Oc1ccc(C)c(C)c1)C(=O)NCCCN1CCOCC1. The van der Waals surface area contributed by atoms with E-state index in [9.17, 15) is 4.79 Å². The first-order valence-corrected chi connectivity index (χ1v) is 8.92. The maximum Gasteiger partial charge on any atom is 0.261 e. The highest BCUT2D eigenvalue weighted by atomic mass is 16.5. The number of nitrogens with zero attached hydrogens (tertiary/aromatic N) is 1. The zero-order valence-corrected chi connectivity index (χ0v) is 15.1. The van der Waals surface area contributed by atoms with Gasteiger partial charge in [-0.3, -0.25) is 9.69 Å². The number of hydrogen-bond donors (Lipinski definition) is 1. The third-order valence-corrected chi connectivity index (χ3v) is 4.47. The molecule has 24 heavy (non-hydrogen) atoms. The van der Waals surface area contributed by atoms with Crippen molar-refractivity contribution in [1.82, 2.24) is 10.2 Å². The summed E-state index contributed by atoms with van der Waals surface area (Å²) in [4.78, 5) is 14.7. The fourth-order valence-electron chi connectivity index (χ4n) is 2.73. The van der Waals surface area contributed by atoms with E-state index in [1.165, 1.54) is 11.1 Å². The predicted molar refractivity (Wildman–Crippen MR) is 95.5 cm³/mol. The zero-order valence-electron chi connectivity index (χ0n) is 15.1. The average molecular weight is 334 g/mol. The molecule has 134 valence electrons. The molecule has 1 atom stereocenters. The molecule has 1 aromatic carbocycles. The minimum atomic E-state index is -0.435. The van der Waals surface area contributed by atoms with Crippen molar-refractivity contribution >= 4 is 5.91 Å². The van der Waals surface area contributed by atoms with Crippen LogP contribution in [0.4, 0.5) is 0 Å². The molecule has 0 bridgehead atoms. The van der Waals surface area contributed by atoms with E-state index in [1.54, 1.807) is 0 Å². The van der Waals surface area contributed by atoms with Gasteiger partial charge in [0.05, 0.1) is 13.2 Å². The highest BCUT2D eigenvalue weighted by Gasteiger charge is 2.18. The molecule has 0 aromatic heterocycles. The van der Waals surface area contributed by atoms with Crippen molar-refractivity contribution in [3.05, 3.63) is 29.3 Å². The van der Waals surface area contributed by atoms with Crippen molar-refractivity contribution in [3.8, 4) is 5.75 Å². The van der Waals surface area contributed by atoms with Gasteiger partial charge in [0.1, 0.15) is 5.75 Å². The van der Waals surface area contributed by atoms with E-state index in [0.717, 1.165) is 45.0 Å². The molecule has 0 radical (unpaired) electrons. The van der Waals surface area contributed by atoms with E-state index in [0.29, 0.717) is 13.0 Å². The van der Waals surface area contributed by atoms with Crippen LogP contribution in [-0.2, 0) is 9.53 Å². The molecule has 1 fully saturated rings. The van der Waals surface area contributed by atoms with Crippen molar-refractivity contribution in [2.75, 3.05) is 39.4 Å². The quantitative estimate of drug-likeness (QED) is 0.741. The van der Waals surface area contributed by atoms with Gasteiger partial charge in [0.25, 0.3) is 5.91 Å². The number of benzene rings is 1. The summed E-state index contributed by atoms with van der Waals surface area (Å²) in [6.45, 7) is 11.4. The van der Waals surface area contributed by atoms with Crippen molar-refractivity contribution in [2.45, 2.75) is 39.7 Å². The third-order valence-electron chi connectivity index (χ3n) is 4.47. The van der Waals surface area contributed by atoms with Gasteiger partial charge in [-0.1, -0.05) is 13.0 Å². The van der Waals surface area contributed by atoms with Gasteiger partial charge in [0.2, 0.25) is 0 Å². The third kappa shape index (κ3) is 5.80. The highest BCUT2D eigenvalue weighted by molar-refractivity contribution is 5.81. The maximum absolute atomic E-state index is 12.3. The second kappa shape index (κ2) is 9.64. The molecule has 1 amide bonds. The number of amides is 1. The van der Waals surface area contributed by atoms with Crippen LogP contribution in [0.1, 0.15) is 30.9 Å². The zero-order chi connectivity index (χ0) is 17.4. The van der Waals surface area contributed by atoms with Crippen LogP contribution in [0.25, 0.3) is 0 Å². The number of nitrogens with one attached hydrogen (secondary N) is 1. The summed E-state index contributed by atoms with van der Waals surface area (Å²) in [5, 5.41) is 3.00. The second-order valence-corrected chi connectivity index (χ2v) is 6.36. The standard InChI is InChI=1S/C19H30N2O3/c1-4-18(24-17-7-6-15(2)16(3)14-17)19(22)20-8-5-9-21-10-12-23-13-11-21/h6-7,14,18H,4-5,8-13H2,1-3H3,(H,20,22)/t18-/m0/s1. The molecule has 1 aliphatic heterocycles. The fraction of sp³-hybridized carbons (Fsp3) is 0.632. The summed E-state index contributed by atoms with van der Waals surface area (Å²) >= 11 is 0. The van der Waals surface area contributed by atoms with Crippen LogP contribution < -0.4 is 10.1 Å². The van der Waals surface area contributed by atoms with Crippen LogP contribution in [0.5, 0.6) is 5.75 Å². The molecule has 1 saturated heterocycles. The summed E-state index contributed by atoms with van der Waals surface area (Å²) in [5.74, 6) is 0.728. The van der Waals surface area contributed by atoms with E-state index in [2.05, 4.69) is 24.1 Å². The summed E-state index contributed by atoms with van der Waals surface area (Å²) in [5.41, 5.74) is 2.40. The van der Waals surface area contributed by atoms with Crippen LogP contribution in [0, 0.1) is 13.8 Å². The van der Waals surface area contributed by atoms with E-state index in [1.807, 2.05) is 25.1 Å². The van der Waals surface area contributed by atoms with Crippen LogP contribution in [0.2, 0.25) is 0 Å². The molecule has 2 rings (SSSR count). The maximum atomic E-state index is 12.3. The fourth-order valence-corrected chi connectivity index (χ4v) is 2.73. The highest BCUT2D eigenvalue weighted by Crippen LogP contribution is 2.18. The van der Waals surface area contributed by atoms with Crippen LogP contribution in [0.3, 0.4) is 0 Å². The van der Waals surface area contributed by atoms with Crippen molar-refractivity contribution in [3.63, 3.8) is 0 Å². The smallest absolute Gasteiger partial charge is 0.261 e. The van der Waals surface area contributed by atoms with Crippen molar-refractivity contribution in [1.29, 1.82) is 0 Å². The first kappa shape index (κ1) is 18.7. The Balaban J connectivity index is 1.73. The number of rotatable bonds is 8. The number of morpholine rings is 1. The molecule has 0 spiro atoms.